The molecule has 1 aliphatic carbocycles. The van der Waals surface area contributed by atoms with Crippen molar-refractivity contribution in [1.82, 2.24) is 10.1 Å². The minimum atomic E-state index is -3.87. The maximum Gasteiger partial charge on any atom is 0.271 e. The molecular weight excluding hydrogens is 413 g/mol. The number of hydrogen-bond acceptors (Lipinski definition) is 6. The second-order valence-electron chi connectivity index (χ2n) is 6.32. The van der Waals surface area contributed by atoms with Crippen molar-refractivity contribution in [3.05, 3.63) is 46.4 Å². The molecule has 0 atom stereocenters. The summed E-state index contributed by atoms with van der Waals surface area (Å²) in [6, 6.07) is 4.93. The Balaban J connectivity index is 1.56. The molecule has 0 bridgehead atoms. The van der Waals surface area contributed by atoms with E-state index in [1.165, 1.54) is 12.1 Å². The van der Waals surface area contributed by atoms with Crippen molar-refractivity contribution in [2.24, 2.45) is 0 Å². The Morgan fingerprint density at radius 1 is 1.26 bits per heavy atom. The molecule has 1 N–H and O–H groups in total. The molecule has 0 saturated heterocycles. The number of aromatic nitrogens is 2. The van der Waals surface area contributed by atoms with Crippen molar-refractivity contribution in [2.45, 2.75) is 35.8 Å². The molecule has 0 radical (unpaired) electrons. The monoisotopic (exact) mass is 427 g/mol. The van der Waals surface area contributed by atoms with E-state index >= 15 is 0 Å². The first-order valence-corrected chi connectivity index (χ1v) is 11.1. The highest BCUT2D eigenvalue weighted by molar-refractivity contribution is 7.94. The van der Waals surface area contributed by atoms with Gasteiger partial charge in [-0.3, -0.25) is 4.72 Å². The van der Waals surface area contributed by atoms with E-state index < -0.39 is 15.8 Å². The van der Waals surface area contributed by atoms with Gasteiger partial charge in [0.1, 0.15) is 10.0 Å². The third-order valence-electron chi connectivity index (χ3n) is 4.42. The van der Waals surface area contributed by atoms with Crippen molar-refractivity contribution in [2.75, 3.05) is 4.72 Å². The van der Waals surface area contributed by atoms with Crippen molar-refractivity contribution in [3.63, 3.8) is 0 Å². The summed E-state index contributed by atoms with van der Waals surface area (Å²) >= 11 is 6.92. The SMILES string of the molecule is O=S(=O)(Nc1ccc(F)cc1Cl)c1cc(-c2noc(C3CCCC3)n2)cs1. The van der Waals surface area contributed by atoms with Crippen LogP contribution in [0.3, 0.4) is 0 Å². The lowest BCUT2D eigenvalue weighted by atomic mass is 10.1. The van der Waals surface area contributed by atoms with Crippen LogP contribution in [-0.2, 0) is 10.0 Å². The van der Waals surface area contributed by atoms with Crippen LogP contribution in [-0.4, -0.2) is 18.6 Å². The molecule has 0 amide bonds. The molecule has 1 aromatic carbocycles. The number of benzene rings is 1. The highest BCUT2D eigenvalue weighted by Gasteiger charge is 2.25. The zero-order valence-electron chi connectivity index (χ0n) is 14.0. The van der Waals surface area contributed by atoms with E-state index in [2.05, 4.69) is 14.9 Å². The standard InChI is InChI=1S/C17H15ClFN3O3S2/c18-13-8-12(19)5-6-14(13)22-27(23,24)15-7-11(9-26-15)16-20-17(25-21-16)10-3-1-2-4-10/h5-10,22H,1-4H2. The summed E-state index contributed by atoms with van der Waals surface area (Å²) in [5.41, 5.74) is 0.676. The number of halogens is 2. The summed E-state index contributed by atoms with van der Waals surface area (Å²) < 4.78 is 46.1. The highest BCUT2D eigenvalue weighted by Crippen LogP contribution is 2.35. The topological polar surface area (TPSA) is 85.1 Å². The van der Waals surface area contributed by atoms with E-state index in [0.717, 1.165) is 49.2 Å². The normalized spacial score (nSPS) is 15.3. The van der Waals surface area contributed by atoms with Crippen LogP contribution in [0.15, 0.2) is 38.4 Å². The van der Waals surface area contributed by atoms with Gasteiger partial charge in [-0.25, -0.2) is 12.8 Å². The molecule has 2 aromatic heterocycles. The Hall–Kier alpha value is -1.97. The Morgan fingerprint density at radius 3 is 2.78 bits per heavy atom. The maximum atomic E-state index is 13.1. The van der Waals surface area contributed by atoms with Crippen molar-refractivity contribution in [3.8, 4) is 11.4 Å². The minimum absolute atomic E-state index is 0.0188. The van der Waals surface area contributed by atoms with Crippen LogP contribution in [0.4, 0.5) is 10.1 Å². The summed E-state index contributed by atoms with van der Waals surface area (Å²) in [5.74, 6) is 0.718. The van der Waals surface area contributed by atoms with Gasteiger partial charge in [0.2, 0.25) is 11.7 Å². The zero-order valence-corrected chi connectivity index (χ0v) is 16.4. The number of anilines is 1. The molecule has 1 saturated carbocycles. The summed E-state index contributed by atoms with van der Waals surface area (Å²) in [4.78, 5) is 4.42. The second kappa shape index (κ2) is 7.21. The summed E-state index contributed by atoms with van der Waals surface area (Å²) in [6.45, 7) is 0. The van der Waals surface area contributed by atoms with Gasteiger partial charge in [-0.1, -0.05) is 29.6 Å². The molecule has 1 fully saturated rings. The van der Waals surface area contributed by atoms with E-state index in [1.54, 1.807) is 5.38 Å². The van der Waals surface area contributed by atoms with Crippen molar-refractivity contribution in [1.29, 1.82) is 0 Å². The average Bonchev–Trinajstić information content (AvgIpc) is 3.37. The Kier molecular flexibility index (Phi) is 4.92. The zero-order chi connectivity index (χ0) is 19.0. The Bertz CT molecular complexity index is 1070. The first-order valence-electron chi connectivity index (χ1n) is 8.33. The fourth-order valence-electron chi connectivity index (χ4n) is 3.03. The molecule has 3 aromatic rings. The lowest BCUT2D eigenvalue weighted by Gasteiger charge is -2.07. The van der Waals surface area contributed by atoms with Gasteiger partial charge >= 0.3 is 0 Å². The molecular formula is C17H15ClFN3O3S2. The number of rotatable bonds is 5. The minimum Gasteiger partial charge on any atom is -0.339 e. The Morgan fingerprint density at radius 2 is 2.04 bits per heavy atom. The molecule has 0 spiro atoms. The largest absolute Gasteiger partial charge is 0.339 e. The van der Waals surface area contributed by atoms with Crippen LogP contribution >= 0.6 is 22.9 Å². The van der Waals surface area contributed by atoms with Crippen molar-refractivity contribution < 1.29 is 17.3 Å². The molecule has 2 heterocycles. The third kappa shape index (κ3) is 3.85. The van der Waals surface area contributed by atoms with E-state index in [9.17, 15) is 12.8 Å². The first kappa shape index (κ1) is 18.4. The van der Waals surface area contributed by atoms with Gasteiger partial charge in [-0.15, -0.1) is 11.3 Å². The fraction of sp³-hybridized carbons (Fsp3) is 0.294. The molecule has 4 rings (SSSR count). The van der Waals surface area contributed by atoms with Gasteiger partial charge in [0.15, 0.2) is 0 Å². The van der Waals surface area contributed by atoms with Gasteiger partial charge < -0.3 is 4.52 Å². The van der Waals surface area contributed by atoms with Gasteiger partial charge in [-0.2, -0.15) is 4.98 Å². The van der Waals surface area contributed by atoms with Gasteiger partial charge in [0, 0.05) is 16.9 Å². The van der Waals surface area contributed by atoms with Crippen LogP contribution in [0, 0.1) is 5.82 Å². The lowest BCUT2D eigenvalue weighted by molar-refractivity contribution is 0.354. The number of thiophene rings is 1. The highest BCUT2D eigenvalue weighted by atomic mass is 35.5. The molecule has 10 heteroatoms. The van der Waals surface area contributed by atoms with Crippen LogP contribution in [0.2, 0.25) is 5.02 Å². The second-order valence-corrected chi connectivity index (χ2v) is 9.55. The molecule has 27 heavy (non-hydrogen) atoms. The molecule has 0 unspecified atom stereocenters. The quantitative estimate of drug-likeness (QED) is 0.615. The van der Waals surface area contributed by atoms with E-state index in [4.69, 9.17) is 16.1 Å². The molecule has 6 nitrogen and oxygen atoms in total. The van der Waals surface area contributed by atoms with E-state index in [1.807, 2.05) is 0 Å². The Labute approximate surface area is 164 Å². The van der Waals surface area contributed by atoms with Crippen LogP contribution < -0.4 is 4.72 Å². The predicted molar refractivity (Wildman–Crippen MR) is 101 cm³/mol. The maximum absolute atomic E-state index is 13.1. The predicted octanol–water partition coefficient (Wildman–Crippen LogP) is 5.05. The fourth-order valence-corrected chi connectivity index (χ4v) is 5.54. The van der Waals surface area contributed by atoms with Gasteiger partial charge in [-0.05, 0) is 37.1 Å². The molecule has 142 valence electrons. The van der Waals surface area contributed by atoms with Crippen LogP contribution in [0.5, 0.6) is 0 Å². The first-order chi connectivity index (χ1) is 12.9. The van der Waals surface area contributed by atoms with Gasteiger partial charge in [0.05, 0.1) is 10.7 Å². The van der Waals surface area contributed by atoms with Crippen LogP contribution in [0.1, 0.15) is 37.5 Å². The number of nitrogens with one attached hydrogen (secondary N) is 1. The summed E-state index contributed by atoms with van der Waals surface area (Å²) in [5, 5.41) is 5.61. The smallest absolute Gasteiger partial charge is 0.271 e. The molecule has 0 aliphatic heterocycles. The average molecular weight is 428 g/mol. The van der Waals surface area contributed by atoms with Gasteiger partial charge in [0.25, 0.3) is 10.0 Å². The van der Waals surface area contributed by atoms with Crippen molar-refractivity contribution >= 4 is 38.6 Å². The third-order valence-corrected chi connectivity index (χ3v) is 7.54. The number of nitrogens with zero attached hydrogens (tertiary/aromatic N) is 2. The summed E-state index contributed by atoms with van der Waals surface area (Å²) in [6.07, 6.45) is 4.38. The number of sulfonamides is 1. The lowest BCUT2D eigenvalue weighted by Crippen LogP contribution is -2.11. The number of hydrogen-bond donors (Lipinski definition) is 1. The van der Waals surface area contributed by atoms with E-state index in [-0.39, 0.29) is 20.8 Å². The van der Waals surface area contributed by atoms with E-state index in [0.29, 0.717) is 17.3 Å². The summed E-state index contributed by atoms with van der Waals surface area (Å²) in [7, 11) is -3.87. The molecule has 1 aliphatic rings. The van der Waals surface area contributed by atoms with Crippen LogP contribution in [0.25, 0.3) is 11.4 Å².